The van der Waals surface area contributed by atoms with Crippen LogP contribution in [0, 0.1) is 0 Å². The second-order valence-electron chi connectivity index (χ2n) is 23.7. The molecule has 0 heteroatoms. The first kappa shape index (κ1) is 36.4. The molecule has 1 saturated carbocycles. The van der Waals surface area contributed by atoms with Gasteiger partial charge in [0.15, 0.2) is 0 Å². The van der Waals surface area contributed by atoms with Crippen molar-refractivity contribution in [2.45, 2.75) is 81.0 Å². The molecule has 0 aromatic heterocycles. The van der Waals surface area contributed by atoms with Crippen molar-refractivity contribution in [2.75, 3.05) is 0 Å². The fourth-order valence-corrected chi connectivity index (χ4v) is 18.8. The Morgan fingerprint density at radius 3 is 1.32 bits per heavy atom. The Labute approximate surface area is 410 Å². The lowest BCUT2D eigenvalue weighted by Crippen LogP contribution is -2.37. The van der Waals surface area contributed by atoms with Crippen molar-refractivity contribution in [1.29, 1.82) is 0 Å². The molecule has 1 fully saturated rings. The zero-order valence-electron chi connectivity index (χ0n) is 39.9. The van der Waals surface area contributed by atoms with Gasteiger partial charge < -0.3 is 0 Å². The number of benzene rings is 13. The van der Waals surface area contributed by atoms with Crippen molar-refractivity contribution >= 4 is 118 Å². The number of rotatable bonds is 6. The highest BCUT2D eigenvalue weighted by Gasteiger charge is 2.63. The third-order valence-electron chi connectivity index (χ3n) is 20.9. The molecule has 1 spiro atoms. The molecule has 0 nitrogen and oxygen atoms in total. The number of hydrogen-bond donors (Lipinski definition) is 0. The van der Waals surface area contributed by atoms with Gasteiger partial charge in [-0.1, -0.05) is 166 Å². The Bertz CT molecular complexity index is 4860. The minimum atomic E-state index is 0.00564. The standard InChI is InChI=1S/C54H26.C17H20/c1-3-7-20(8-4-1)29-18-31(21-9-5-2-6-10-21)54-19-28-16-26-14-23-11-22-12-25-13-24-15-27-17-30(52(29)54)39-44-35(27)34(24)41-36(25)40-32(22)33(23)42-37(26)43-38(28)53(54)51(39)50-48(43)46(42)45(40)47(41)49(44)50;1-14(16-9-5-3-6-10-16)13-15(2)17-11-7-4-8-12-17/h1-10,12-14,16-17,29,31,52H,11,15,18-19H2;3-12,14-15H,13H2,1-2H3. The molecule has 0 heterocycles. The van der Waals surface area contributed by atoms with Crippen molar-refractivity contribution in [3.8, 4) is 0 Å². The second-order valence-corrected chi connectivity index (χ2v) is 23.7. The van der Waals surface area contributed by atoms with Gasteiger partial charge in [-0.15, -0.1) is 0 Å². The van der Waals surface area contributed by atoms with Crippen LogP contribution in [0.15, 0.2) is 152 Å². The summed E-state index contributed by atoms with van der Waals surface area (Å²) in [5, 5.41) is 35.6. The Morgan fingerprint density at radius 1 is 0.394 bits per heavy atom. The maximum absolute atomic E-state index is 2.81. The van der Waals surface area contributed by atoms with Gasteiger partial charge in [0.2, 0.25) is 0 Å². The molecule has 21 rings (SSSR count). The molecule has 5 aliphatic rings. The van der Waals surface area contributed by atoms with Gasteiger partial charge in [0.25, 0.3) is 0 Å². The monoisotopic (exact) mass is 898 g/mol. The molecule has 16 aromatic rings. The van der Waals surface area contributed by atoms with Crippen molar-refractivity contribution in [3.63, 3.8) is 0 Å². The highest BCUT2D eigenvalue weighted by molar-refractivity contribution is 6.65. The topological polar surface area (TPSA) is 0 Å². The molecule has 0 aliphatic heterocycles. The zero-order valence-corrected chi connectivity index (χ0v) is 39.9. The quantitative estimate of drug-likeness (QED) is 0.146. The smallest absolute Gasteiger partial charge is 0.0150 e. The van der Waals surface area contributed by atoms with Crippen LogP contribution in [0.1, 0.15) is 117 Å². The molecule has 0 saturated heterocycles. The molecule has 0 amide bonds. The summed E-state index contributed by atoms with van der Waals surface area (Å²) >= 11 is 0. The lowest BCUT2D eigenvalue weighted by molar-refractivity contribution is 0.355. The Hall–Kier alpha value is -7.54. The van der Waals surface area contributed by atoms with Crippen LogP contribution in [0.2, 0.25) is 0 Å². The van der Waals surface area contributed by atoms with Crippen molar-refractivity contribution in [2.24, 2.45) is 0 Å². The van der Waals surface area contributed by atoms with Gasteiger partial charge in [0, 0.05) is 11.3 Å². The lowest BCUT2D eigenvalue weighted by Gasteiger charge is -2.43. The van der Waals surface area contributed by atoms with Crippen LogP contribution in [-0.4, -0.2) is 0 Å². The van der Waals surface area contributed by atoms with Crippen LogP contribution >= 0.6 is 0 Å². The van der Waals surface area contributed by atoms with Gasteiger partial charge in [-0.2, -0.15) is 0 Å². The minimum absolute atomic E-state index is 0.00564. The van der Waals surface area contributed by atoms with E-state index >= 15 is 0 Å². The molecule has 0 bridgehead atoms. The van der Waals surface area contributed by atoms with Crippen LogP contribution in [0.25, 0.3) is 118 Å². The van der Waals surface area contributed by atoms with E-state index in [9.17, 15) is 0 Å². The Balaban J connectivity index is 0.000000196. The largest absolute Gasteiger partial charge is 0.0622 e. The van der Waals surface area contributed by atoms with Gasteiger partial charge in [-0.05, 0) is 235 Å². The van der Waals surface area contributed by atoms with E-state index in [0.717, 1.165) is 19.3 Å². The van der Waals surface area contributed by atoms with Gasteiger partial charge >= 0.3 is 0 Å². The Kier molecular flexibility index (Phi) is 5.96. The maximum Gasteiger partial charge on any atom is 0.0150 e. The van der Waals surface area contributed by atoms with E-state index in [1.165, 1.54) is 40.3 Å². The van der Waals surface area contributed by atoms with E-state index in [-0.39, 0.29) is 5.41 Å². The summed E-state index contributed by atoms with van der Waals surface area (Å²) in [5.41, 5.74) is 17.4. The highest BCUT2D eigenvalue weighted by atomic mass is 14.6. The molecule has 330 valence electrons. The summed E-state index contributed by atoms with van der Waals surface area (Å²) in [5.74, 6) is 2.57. The maximum atomic E-state index is 2.81. The van der Waals surface area contributed by atoms with E-state index in [1.807, 2.05) is 0 Å². The molecule has 6 atom stereocenters. The third kappa shape index (κ3) is 3.73. The van der Waals surface area contributed by atoms with E-state index in [1.54, 1.807) is 152 Å². The SMILES string of the molecule is CC(CC(C)c1ccccc1)c1ccccc1.c1ccc(C2CC(c3ccccc3)C34Cc5cc6cc7c8c9c(cc%10cc%11c%12c%13c(cc(c%14c%15c3c5c3c6c8c5c3c%15c(c%14%13)c3c%12c%10c9c35)C24)C%11)C7)cc1. The molecule has 6 unspecified atom stereocenters. The fraction of sp³-hybridized carbons (Fsp3) is 0.183. The summed E-state index contributed by atoms with van der Waals surface area (Å²) in [4.78, 5) is 0. The molecule has 71 heavy (non-hydrogen) atoms. The summed E-state index contributed by atoms with van der Waals surface area (Å²) in [6.45, 7) is 4.63. The predicted molar refractivity (Wildman–Crippen MR) is 300 cm³/mol. The van der Waals surface area contributed by atoms with E-state index in [4.69, 9.17) is 0 Å². The predicted octanol–water partition coefficient (Wildman–Crippen LogP) is 18.5. The van der Waals surface area contributed by atoms with E-state index in [0.29, 0.717) is 29.6 Å². The average molecular weight is 899 g/mol. The second kappa shape index (κ2) is 11.6. The van der Waals surface area contributed by atoms with Crippen LogP contribution in [0.4, 0.5) is 0 Å². The van der Waals surface area contributed by atoms with Gasteiger partial charge in [-0.3, -0.25) is 0 Å². The third-order valence-corrected chi connectivity index (χ3v) is 20.9. The van der Waals surface area contributed by atoms with Crippen LogP contribution in [-0.2, 0) is 24.7 Å². The average Bonchev–Trinajstić information content (AvgIpc) is 4.42. The molecular formula is C71H46. The zero-order chi connectivity index (χ0) is 45.7. The van der Waals surface area contributed by atoms with Crippen molar-refractivity contribution in [3.05, 3.63) is 213 Å². The first-order valence-corrected chi connectivity index (χ1v) is 26.8. The highest BCUT2D eigenvalue weighted by Crippen LogP contribution is 2.76. The fourth-order valence-electron chi connectivity index (χ4n) is 18.8. The first-order valence-electron chi connectivity index (χ1n) is 26.8. The number of hydrogen-bond acceptors (Lipinski definition) is 0. The normalized spacial score (nSPS) is 21.6. The van der Waals surface area contributed by atoms with E-state index in [2.05, 4.69) is 166 Å². The molecule has 16 aromatic carbocycles. The summed E-state index contributed by atoms with van der Waals surface area (Å²) < 4.78 is 0. The molecule has 0 radical (unpaired) electrons. The lowest BCUT2D eigenvalue weighted by atomic mass is 9.58. The number of fused-ring (bicyclic) bond motifs is 1. The summed E-state index contributed by atoms with van der Waals surface area (Å²) in [7, 11) is 0. The van der Waals surface area contributed by atoms with E-state index < -0.39 is 0 Å². The molecular weight excluding hydrogens is 853 g/mol. The first-order chi connectivity index (χ1) is 35.1. The van der Waals surface area contributed by atoms with Crippen LogP contribution < -0.4 is 0 Å². The summed E-state index contributed by atoms with van der Waals surface area (Å²) in [6, 6.07) is 58.6. The van der Waals surface area contributed by atoms with Crippen LogP contribution in [0.5, 0.6) is 0 Å². The van der Waals surface area contributed by atoms with Crippen LogP contribution in [0.3, 0.4) is 0 Å². The molecule has 0 N–H and O–H groups in total. The van der Waals surface area contributed by atoms with Gasteiger partial charge in [-0.25, -0.2) is 0 Å². The van der Waals surface area contributed by atoms with Crippen molar-refractivity contribution in [1.82, 2.24) is 0 Å². The van der Waals surface area contributed by atoms with Gasteiger partial charge in [0.05, 0.1) is 0 Å². The molecule has 5 aliphatic carbocycles. The Morgan fingerprint density at radius 2 is 0.803 bits per heavy atom. The van der Waals surface area contributed by atoms with Crippen molar-refractivity contribution < 1.29 is 0 Å². The minimum Gasteiger partial charge on any atom is -0.0622 e. The van der Waals surface area contributed by atoms with Gasteiger partial charge in [0.1, 0.15) is 0 Å². The summed E-state index contributed by atoms with van der Waals surface area (Å²) in [6.07, 6.45) is 5.68.